The fourth-order valence-electron chi connectivity index (χ4n) is 10.1. The molecular formula is C62H40N2O. The first kappa shape index (κ1) is 36.9. The largest absolute Gasteiger partial charge is 0.456 e. The number of hydrogen-bond donors (Lipinski definition) is 0. The third kappa shape index (κ3) is 6.20. The van der Waals surface area contributed by atoms with Gasteiger partial charge in [0.2, 0.25) is 0 Å². The monoisotopic (exact) mass is 828 g/mol. The summed E-state index contributed by atoms with van der Waals surface area (Å²) in [6, 6.07) is 87.8. The Morgan fingerprint density at radius 3 is 1.48 bits per heavy atom. The van der Waals surface area contributed by atoms with Gasteiger partial charge in [-0.2, -0.15) is 0 Å². The average molecular weight is 829 g/mol. The Bertz CT molecular complexity index is 3900. The van der Waals surface area contributed by atoms with E-state index in [4.69, 9.17) is 4.42 Å². The zero-order valence-electron chi connectivity index (χ0n) is 35.4. The molecule has 0 aliphatic carbocycles. The summed E-state index contributed by atoms with van der Waals surface area (Å²) in [6.45, 7) is 0. The number of fused-ring (bicyclic) bond motifs is 9. The van der Waals surface area contributed by atoms with Gasteiger partial charge in [0.15, 0.2) is 0 Å². The molecule has 11 aromatic carbocycles. The maximum Gasteiger partial charge on any atom is 0.136 e. The summed E-state index contributed by atoms with van der Waals surface area (Å²) in [7, 11) is 0. The smallest absolute Gasteiger partial charge is 0.136 e. The number of aromatic nitrogens is 1. The first-order chi connectivity index (χ1) is 32.2. The molecule has 2 heterocycles. The van der Waals surface area contributed by atoms with Crippen LogP contribution in [-0.4, -0.2) is 4.57 Å². The van der Waals surface area contributed by atoms with Crippen LogP contribution in [0.25, 0.3) is 104 Å². The van der Waals surface area contributed by atoms with E-state index >= 15 is 0 Å². The number of benzene rings is 11. The van der Waals surface area contributed by atoms with Crippen LogP contribution in [0.5, 0.6) is 0 Å². The van der Waals surface area contributed by atoms with E-state index in [1.807, 2.05) is 12.1 Å². The Morgan fingerprint density at radius 1 is 0.292 bits per heavy atom. The molecule has 0 aliphatic rings. The fraction of sp³-hybridized carbons (Fsp3) is 0. The molecule has 0 saturated carbocycles. The van der Waals surface area contributed by atoms with Crippen molar-refractivity contribution in [3.63, 3.8) is 0 Å². The van der Waals surface area contributed by atoms with Gasteiger partial charge < -0.3 is 13.9 Å². The van der Waals surface area contributed by atoms with Gasteiger partial charge in [0.1, 0.15) is 11.2 Å². The van der Waals surface area contributed by atoms with Crippen molar-refractivity contribution in [2.45, 2.75) is 0 Å². The number of hydrogen-bond acceptors (Lipinski definition) is 2. The summed E-state index contributed by atoms with van der Waals surface area (Å²) in [6.07, 6.45) is 0. The lowest BCUT2D eigenvalue weighted by molar-refractivity contribution is 0.669. The lowest BCUT2D eigenvalue weighted by Crippen LogP contribution is -2.10. The van der Waals surface area contributed by atoms with Gasteiger partial charge in [-0.05, 0) is 128 Å². The van der Waals surface area contributed by atoms with Crippen LogP contribution in [0, 0.1) is 0 Å². The molecule has 0 aliphatic heterocycles. The van der Waals surface area contributed by atoms with Crippen molar-refractivity contribution in [3.05, 3.63) is 243 Å². The zero-order valence-corrected chi connectivity index (χ0v) is 35.4. The van der Waals surface area contributed by atoms with Crippen LogP contribution in [0.4, 0.5) is 17.1 Å². The first-order valence-electron chi connectivity index (χ1n) is 22.2. The number of rotatable bonds is 7. The van der Waals surface area contributed by atoms with Crippen LogP contribution in [0.2, 0.25) is 0 Å². The van der Waals surface area contributed by atoms with E-state index in [1.165, 1.54) is 60.0 Å². The normalized spacial score (nSPS) is 11.7. The average Bonchev–Trinajstić information content (AvgIpc) is 3.92. The highest BCUT2D eigenvalue weighted by Gasteiger charge is 2.19. The topological polar surface area (TPSA) is 21.3 Å². The second-order valence-electron chi connectivity index (χ2n) is 16.9. The standard InChI is InChI=1S/C62H40N2O/c1-2-18-51-47(13-1)39-60(53-20-4-3-19-52(51)53)63(49-34-29-42(30-35-49)46-31-36-57-56-23-7-10-26-61(56)65-62(57)40-46)48-32-27-41(28-33-48)43-14-11-15-44(37-43)45-16-12-17-50(38-45)64-58-24-8-5-21-54(58)55-22-6-9-25-59(55)64/h1-40H. The summed E-state index contributed by atoms with van der Waals surface area (Å²) in [5, 5.41) is 9.69. The van der Waals surface area contributed by atoms with Crippen molar-refractivity contribution < 1.29 is 4.42 Å². The molecule has 304 valence electrons. The van der Waals surface area contributed by atoms with Gasteiger partial charge in [0.25, 0.3) is 0 Å². The molecule has 3 nitrogen and oxygen atoms in total. The highest BCUT2D eigenvalue weighted by atomic mass is 16.3. The Kier molecular flexibility index (Phi) is 8.53. The second kappa shape index (κ2) is 15.0. The molecule has 0 saturated heterocycles. The molecule has 0 radical (unpaired) electrons. The fourth-order valence-corrected chi connectivity index (χ4v) is 10.1. The summed E-state index contributed by atoms with van der Waals surface area (Å²) in [4.78, 5) is 2.40. The summed E-state index contributed by atoms with van der Waals surface area (Å²) in [5.74, 6) is 0. The lowest BCUT2D eigenvalue weighted by atomic mass is 9.97. The molecular weight excluding hydrogens is 789 g/mol. The molecule has 2 aromatic heterocycles. The van der Waals surface area contributed by atoms with Crippen LogP contribution in [0.3, 0.4) is 0 Å². The third-order valence-corrected chi connectivity index (χ3v) is 13.2. The van der Waals surface area contributed by atoms with E-state index in [1.54, 1.807) is 0 Å². The molecule has 0 atom stereocenters. The number of anilines is 3. The van der Waals surface area contributed by atoms with Crippen molar-refractivity contribution in [2.75, 3.05) is 4.90 Å². The predicted molar refractivity (Wildman–Crippen MR) is 274 cm³/mol. The highest BCUT2D eigenvalue weighted by Crippen LogP contribution is 2.44. The Labute approximate surface area is 376 Å². The van der Waals surface area contributed by atoms with E-state index in [9.17, 15) is 0 Å². The summed E-state index contributed by atoms with van der Waals surface area (Å²) >= 11 is 0. The van der Waals surface area contributed by atoms with Crippen LogP contribution in [-0.2, 0) is 0 Å². The molecule has 0 bridgehead atoms. The van der Waals surface area contributed by atoms with E-state index < -0.39 is 0 Å². The Balaban J connectivity index is 0.883. The van der Waals surface area contributed by atoms with Gasteiger partial charge in [-0.1, -0.05) is 164 Å². The Hall–Kier alpha value is -8.66. The molecule has 0 unspecified atom stereocenters. The minimum Gasteiger partial charge on any atom is -0.456 e. The van der Waals surface area contributed by atoms with E-state index in [2.05, 4.69) is 240 Å². The van der Waals surface area contributed by atoms with Gasteiger partial charge in [0.05, 0.1) is 16.7 Å². The van der Waals surface area contributed by atoms with Gasteiger partial charge >= 0.3 is 0 Å². The number of para-hydroxylation sites is 3. The summed E-state index contributed by atoms with van der Waals surface area (Å²) in [5.41, 5.74) is 15.6. The number of furan rings is 1. The van der Waals surface area contributed by atoms with Crippen molar-refractivity contribution in [1.82, 2.24) is 4.57 Å². The van der Waals surface area contributed by atoms with Crippen molar-refractivity contribution >= 4 is 82.4 Å². The van der Waals surface area contributed by atoms with Crippen LogP contribution >= 0.6 is 0 Å². The van der Waals surface area contributed by atoms with E-state index in [-0.39, 0.29) is 0 Å². The molecule has 13 aromatic rings. The van der Waals surface area contributed by atoms with E-state index in [0.29, 0.717) is 0 Å². The molecule has 13 rings (SSSR count). The van der Waals surface area contributed by atoms with Crippen LogP contribution in [0.15, 0.2) is 247 Å². The molecule has 0 fully saturated rings. The molecule has 0 amide bonds. The van der Waals surface area contributed by atoms with E-state index in [0.717, 1.165) is 61.4 Å². The maximum atomic E-state index is 6.27. The van der Waals surface area contributed by atoms with Gasteiger partial charge in [-0.3, -0.25) is 0 Å². The molecule has 65 heavy (non-hydrogen) atoms. The number of nitrogens with zero attached hydrogens (tertiary/aromatic N) is 2. The summed E-state index contributed by atoms with van der Waals surface area (Å²) < 4.78 is 8.66. The predicted octanol–water partition coefficient (Wildman–Crippen LogP) is 17.5. The maximum absolute atomic E-state index is 6.27. The van der Waals surface area contributed by atoms with Gasteiger partial charge in [-0.25, -0.2) is 0 Å². The lowest BCUT2D eigenvalue weighted by Gasteiger charge is -2.28. The highest BCUT2D eigenvalue weighted by molar-refractivity contribution is 6.15. The third-order valence-electron chi connectivity index (χ3n) is 13.2. The van der Waals surface area contributed by atoms with Gasteiger partial charge in [0, 0.05) is 44.0 Å². The molecule has 0 spiro atoms. The first-order valence-corrected chi connectivity index (χ1v) is 22.2. The van der Waals surface area contributed by atoms with Crippen molar-refractivity contribution in [1.29, 1.82) is 0 Å². The molecule has 0 N–H and O–H groups in total. The zero-order chi connectivity index (χ0) is 42.8. The van der Waals surface area contributed by atoms with Crippen LogP contribution < -0.4 is 4.90 Å². The minimum absolute atomic E-state index is 0.899. The molecule has 3 heteroatoms. The SMILES string of the molecule is c1cc(-c2ccc(N(c3ccc(-c4ccc5c(c4)oc4ccccc45)cc3)c3cc4ccccc4c4ccccc34)cc2)cc(-c2cccc(-n3c4ccccc4c4ccccc43)c2)c1. The van der Waals surface area contributed by atoms with Crippen molar-refractivity contribution in [2.24, 2.45) is 0 Å². The minimum atomic E-state index is 0.899. The Morgan fingerprint density at radius 2 is 0.785 bits per heavy atom. The van der Waals surface area contributed by atoms with Crippen molar-refractivity contribution in [3.8, 4) is 39.1 Å². The second-order valence-corrected chi connectivity index (χ2v) is 16.9. The van der Waals surface area contributed by atoms with Gasteiger partial charge in [-0.15, -0.1) is 0 Å². The van der Waals surface area contributed by atoms with Crippen LogP contribution in [0.1, 0.15) is 0 Å². The quantitative estimate of drug-likeness (QED) is 0.149.